The van der Waals surface area contributed by atoms with E-state index in [1.54, 1.807) is 0 Å². The minimum absolute atomic E-state index is 0.236. The summed E-state index contributed by atoms with van der Waals surface area (Å²) in [5.74, 6) is 0.749. The summed E-state index contributed by atoms with van der Waals surface area (Å²) in [6.07, 6.45) is 5.77. The maximum Gasteiger partial charge on any atom is 0.169 e. The Labute approximate surface area is 155 Å². The van der Waals surface area contributed by atoms with Crippen LogP contribution in [-0.4, -0.2) is 36.6 Å². The molecule has 5 nitrogen and oxygen atoms in total. The largest absolute Gasteiger partial charge is 0.368 e. The van der Waals surface area contributed by atoms with Crippen LogP contribution < -0.4 is 5.32 Å². The first-order chi connectivity index (χ1) is 12.8. The molecule has 1 saturated carbocycles. The van der Waals surface area contributed by atoms with E-state index in [1.807, 2.05) is 36.4 Å². The molecule has 2 aliphatic rings. The highest BCUT2D eigenvalue weighted by Crippen LogP contribution is 2.39. The van der Waals surface area contributed by atoms with Gasteiger partial charge in [-0.2, -0.15) is 0 Å². The molecule has 1 N–H and O–H groups in total. The van der Waals surface area contributed by atoms with Crippen molar-refractivity contribution in [2.24, 2.45) is 0 Å². The van der Waals surface area contributed by atoms with E-state index in [0.29, 0.717) is 19.3 Å². The van der Waals surface area contributed by atoms with E-state index in [1.165, 1.54) is 25.7 Å². The molecule has 2 unspecified atom stereocenters. The predicted octanol–water partition coefficient (Wildman–Crippen LogP) is 4.11. The Morgan fingerprint density at radius 2 is 1.96 bits per heavy atom. The van der Waals surface area contributed by atoms with Crippen LogP contribution in [0.15, 0.2) is 40.9 Å². The molecule has 140 valence electrons. The van der Waals surface area contributed by atoms with Gasteiger partial charge in [0, 0.05) is 24.2 Å². The molecule has 0 bridgehead atoms. The first-order valence-electron chi connectivity index (χ1n) is 9.82. The van der Waals surface area contributed by atoms with Crippen LogP contribution in [0.3, 0.4) is 0 Å². The molecule has 4 rings (SSSR count). The number of ether oxygens (including phenoxy) is 2. The van der Waals surface area contributed by atoms with E-state index in [2.05, 4.69) is 17.4 Å². The smallest absolute Gasteiger partial charge is 0.169 e. The predicted molar refractivity (Wildman–Crippen MR) is 99.9 cm³/mol. The van der Waals surface area contributed by atoms with Gasteiger partial charge in [-0.1, -0.05) is 55.3 Å². The molecule has 1 aliphatic carbocycles. The molecule has 5 heteroatoms. The summed E-state index contributed by atoms with van der Waals surface area (Å²) in [6.45, 7) is 4.14. The van der Waals surface area contributed by atoms with Crippen molar-refractivity contribution in [2.45, 2.75) is 56.8 Å². The number of rotatable bonds is 6. The molecule has 0 radical (unpaired) electrons. The fourth-order valence-electron chi connectivity index (χ4n) is 4.14. The van der Waals surface area contributed by atoms with E-state index < -0.39 is 5.60 Å². The van der Waals surface area contributed by atoms with Crippen molar-refractivity contribution in [1.29, 1.82) is 0 Å². The van der Waals surface area contributed by atoms with Crippen molar-refractivity contribution >= 4 is 0 Å². The Hall–Kier alpha value is -1.69. The van der Waals surface area contributed by atoms with Gasteiger partial charge in [0.05, 0.1) is 13.2 Å². The monoisotopic (exact) mass is 356 g/mol. The molecule has 2 atom stereocenters. The molecule has 1 aliphatic heterocycles. The first-order valence-corrected chi connectivity index (χ1v) is 9.82. The highest BCUT2D eigenvalue weighted by atomic mass is 16.6. The second kappa shape index (κ2) is 7.91. The van der Waals surface area contributed by atoms with Crippen LogP contribution in [0.5, 0.6) is 0 Å². The van der Waals surface area contributed by atoms with Gasteiger partial charge in [0.15, 0.2) is 5.76 Å². The van der Waals surface area contributed by atoms with Gasteiger partial charge < -0.3 is 19.3 Å². The average Bonchev–Trinajstić information content (AvgIpc) is 3.39. The summed E-state index contributed by atoms with van der Waals surface area (Å²) in [4.78, 5) is 0. The molecule has 0 amide bonds. The van der Waals surface area contributed by atoms with Gasteiger partial charge in [0.2, 0.25) is 0 Å². The summed E-state index contributed by atoms with van der Waals surface area (Å²) >= 11 is 0. The topological polar surface area (TPSA) is 56.5 Å². The normalized spacial score (nSPS) is 27.0. The number of hydrogen-bond donors (Lipinski definition) is 1. The van der Waals surface area contributed by atoms with Crippen molar-refractivity contribution in [2.75, 3.05) is 19.8 Å². The van der Waals surface area contributed by atoms with Crippen LogP contribution in [0.2, 0.25) is 0 Å². The Kier molecular flexibility index (Phi) is 5.38. The minimum Gasteiger partial charge on any atom is -0.368 e. The lowest BCUT2D eigenvalue weighted by Crippen LogP contribution is -2.53. The molecular weight excluding hydrogens is 328 g/mol. The molecule has 26 heavy (non-hydrogen) atoms. The highest BCUT2D eigenvalue weighted by Gasteiger charge is 2.45. The lowest BCUT2D eigenvalue weighted by molar-refractivity contribution is -0.212. The molecule has 0 spiro atoms. The standard InChI is InChI=1S/C21H28N2O3/c1-2-21(15-22-17-10-6-7-11-17)20(24-12-13-25-21)19-14-18(23-26-19)16-8-4-3-5-9-16/h3-5,8-9,14,17,20,22H,2,6-7,10-13,15H2,1H3. The second-order valence-electron chi connectivity index (χ2n) is 7.36. The van der Waals surface area contributed by atoms with Gasteiger partial charge in [-0.05, 0) is 19.3 Å². The van der Waals surface area contributed by atoms with Gasteiger partial charge in [-0.3, -0.25) is 0 Å². The number of nitrogens with one attached hydrogen (secondary N) is 1. The van der Waals surface area contributed by atoms with Crippen molar-refractivity contribution in [3.8, 4) is 11.3 Å². The average molecular weight is 356 g/mol. The first kappa shape index (κ1) is 17.7. The molecule has 2 fully saturated rings. The Morgan fingerprint density at radius 1 is 1.15 bits per heavy atom. The van der Waals surface area contributed by atoms with Gasteiger partial charge >= 0.3 is 0 Å². The zero-order valence-electron chi connectivity index (χ0n) is 15.4. The maximum atomic E-state index is 6.28. The lowest BCUT2D eigenvalue weighted by Gasteiger charge is -2.42. The lowest BCUT2D eigenvalue weighted by atomic mass is 9.89. The Morgan fingerprint density at radius 3 is 2.73 bits per heavy atom. The van der Waals surface area contributed by atoms with Crippen molar-refractivity contribution in [3.63, 3.8) is 0 Å². The van der Waals surface area contributed by atoms with Gasteiger partial charge in [0.25, 0.3) is 0 Å². The highest BCUT2D eigenvalue weighted by molar-refractivity contribution is 5.58. The fraction of sp³-hybridized carbons (Fsp3) is 0.571. The van der Waals surface area contributed by atoms with Crippen molar-refractivity contribution < 1.29 is 14.0 Å². The van der Waals surface area contributed by atoms with E-state index in [9.17, 15) is 0 Å². The molecule has 1 aromatic carbocycles. The number of aromatic nitrogens is 1. The van der Waals surface area contributed by atoms with E-state index in [0.717, 1.165) is 30.0 Å². The summed E-state index contributed by atoms with van der Waals surface area (Å²) in [7, 11) is 0. The summed E-state index contributed by atoms with van der Waals surface area (Å²) in [6, 6.07) is 12.7. The zero-order valence-corrected chi connectivity index (χ0v) is 15.4. The number of hydrogen-bond acceptors (Lipinski definition) is 5. The van der Waals surface area contributed by atoms with Gasteiger partial charge in [-0.15, -0.1) is 0 Å². The van der Waals surface area contributed by atoms with Crippen LogP contribution in [0.4, 0.5) is 0 Å². The van der Waals surface area contributed by atoms with E-state index >= 15 is 0 Å². The summed E-state index contributed by atoms with van der Waals surface area (Å²) < 4.78 is 18.1. The van der Waals surface area contributed by atoms with E-state index in [4.69, 9.17) is 14.0 Å². The van der Waals surface area contributed by atoms with Crippen LogP contribution in [0, 0.1) is 0 Å². The SMILES string of the molecule is CCC1(CNC2CCCC2)OCCOC1c1cc(-c2ccccc2)no1. The van der Waals surface area contributed by atoms with Gasteiger partial charge in [-0.25, -0.2) is 0 Å². The third kappa shape index (κ3) is 3.56. The molecule has 2 aromatic rings. The summed E-state index contributed by atoms with van der Waals surface area (Å²) in [5.41, 5.74) is 1.47. The van der Waals surface area contributed by atoms with Crippen LogP contribution in [0.1, 0.15) is 50.9 Å². The Bertz CT molecular complexity index is 696. The molecular formula is C21H28N2O3. The van der Waals surface area contributed by atoms with Crippen LogP contribution in [-0.2, 0) is 9.47 Å². The van der Waals surface area contributed by atoms with E-state index in [-0.39, 0.29) is 6.10 Å². The quantitative estimate of drug-likeness (QED) is 0.844. The molecule has 2 heterocycles. The maximum absolute atomic E-state index is 6.28. The zero-order chi connectivity index (χ0) is 17.8. The third-order valence-corrected chi connectivity index (χ3v) is 5.74. The van der Waals surface area contributed by atoms with Crippen LogP contribution in [0.25, 0.3) is 11.3 Å². The third-order valence-electron chi connectivity index (χ3n) is 5.74. The minimum atomic E-state index is -0.408. The van der Waals surface area contributed by atoms with Gasteiger partial charge in [0.1, 0.15) is 17.4 Å². The Balaban J connectivity index is 1.55. The number of benzene rings is 1. The molecule has 1 aromatic heterocycles. The van der Waals surface area contributed by atoms with Crippen LogP contribution >= 0.6 is 0 Å². The molecule has 1 saturated heterocycles. The summed E-state index contributed by atoms with van der Waals surface area (Å²) in [5, 5.41) is 7.98. The number of nitrogens with zero attached hydrogens (tertiary/aromatic N) is 1. The second-order valence-corrected chi connectivity index (χ2v) is 7.36. The van der Waals surface area contributed by atoms with Crippen molar-refractivity contribution in [1.82, 2.24) is 10.5 Å². The van der Waals surface area contributed by atoms with Crippen molar-refractivity contribution in [3.05, 3.63) is 42.2 Å². The fourth-order valence-corrected chi connectivity index (χ4v) is 4.14.